The van der Waals surface area contributed by atoms with Gasteiger partial charge in [0.25, 0.3) is 0 Å². The van der Waals surface area contributed by atoms with Crippen molar-refractivity contribution < 1.29 is 21.1 Å². The van der Waals surface area contributed by atoms with Gasteiger partial charge in [-0.05, 0) is 23.5 Å². The van der Waals surface area contributed by atoms with Crippen LogP contribution in [-0.4, -0.2) is 19.6 Å². The van der Waals surface area contributed by atoms with Crippen LogP contribution in [-0.2, 0) is 27.5 Å². The Bertz CT molecular complexity index is 822. The first-order valence-electron chi connectivity index (χ1n) is 7.42. The number of nitrogens with zero attached hydrogens (tertiary/aromatic N) is 4. The molecule has 4 nitrogen and oxygen atoms in total. The summed E-state index contributed by atoms with van der Waals surface area (Å²) < 4.78 is 3.66. The van der Waals surface area contributed by atoms with E-state index < -0.39 is 0 Å². The van der Waals surface area contributed by atoms with Crippen LogP contribution in [0.15, 0.2) is 73.1 Å². The van der Waals surface area contributed by atoms with Gasteiger partial charge in [0, 0.05) is 18.8 Å². The molecule has 5 heteroatoms. The van der Waals surface area contributed by atoms with Gasteiger partial charge in [-0.3, -0.25) is 9.36 Å². The third-order valence-electron chi connectivity index (χ3n) is 3.53. The van der Waals surface area contributed by atoms with Crippen LogP contribution in [0.2, 0.25) is 0 Å². The van der Waals surface area contributed by atoms with Crippen molar-refractivity contribution in [1.29, 1.82) is 0 Å². The predicted octanol–water partition coefficient (Wildman–Crippen LogP) is 3.25. The van der Waals surface area contributed by atoms with Gasteiger partial charge in [-0.2, -0.15) is 58.7 Å². The fourth-order valence-corrected chi connectivity index (χ4v) is 2.42. The second kappa shape index (κ2) is 7.41. The van der Waals surface area contributed by atoms with E-state index in [4.69, 9.17) is 0 Å². The monoisotopic (exact) mass is 493 g/mol. The Morgan fingerprint density at radius 2 is 1.21 bits per heavy atom. The number of hydrogen-bond acceptors (Lipinski definition) is 2. The second-order valence-electron chi connectivity index (χ2n) is 5.18. The summed E-state index contributed by atoms with van der Waals surface area (Å²) in [5.74, 6) is 0. The van der Waals surface area contributed by atoms with Crippen molar-refractivity contribution in [2.75, 3.05) is 0 Å². The fraction of sp³-hybridized carbons (Fsp3) is 0.0526. The normalized spacial score (nSPS) is 10.3. The average molecular weight is 493 g/mol. The first-order chi connectivity index (χ1) is 11.4. The van der Waals surface area contributed by atoms with Crippen molar-refractivity contribution in [3.63, 3.8) is 0 Å². The molecule has 0 saturated carbocycles. The molecule has 0 fully saturated rings. The van der Waals surface area contributed by atoms with Crippen LogP contribution in [0.5, 0.6) is 0 Å². The maximum absolute atomic E-state index is 4.59. The van der Waals surface area contributed by atoms with Crippen molar-refractivity contribution in [2.45, 2.75) is 6.42 Å². The molecule has 120 valence electrons. The first kappa shape index (κ1) is 16.4. The fourth-order valence-electron chi connectivity index (χ4n) is 2.42. The number of para-hydroxylation sites is 2. The molecule has 0 amide bonds. The Labute approximate surface area is 155 Å². The van der Waals surface area contributed by atoms with Crippen LogP contribution < -0.4 is 0 Å². The molecule has 2 aromatic carbocycles. The molecule has 4 aromatic rings. The molecule has 0 unspecified atom stereocenters. The zero-order valence-electron chi connectivity index (χ0n) is 12.7. The van der Waals surface area contributed by atoms with Crippen LogP contribution in [0.1, 0.15) is 11.4 Å². The maximum atomic E-state index is 4.59. The number of rotatable bonds is 4. The van der Waals surface area contributed by atoms with E-state index in [0.29, 0.717) is 6.42 Å². The van der Waals surface area contributed by atoms with Gasteiger partial charge in [-0.1, -0.05) is 0 Å². The van der Waals surface area contributed by atoms with E-state index in [2.05, 4.69) is 22.3 Å². The van der Waals surface area contributed by atoms with Gasteiger partial charge in [0.05, 0.1) is 11.4 Å². The van der Waals surface area contributed by atoms with Gasteiger partial charge in [0.1, 0.15) is 0 Å². The van der Waals surface area contributed by atoms with E-state index in [1.54, 1.807) is 0 Å². The van der Waals surface area contributed by atoms with Crippen LogP contribution in [0.25, 0.3) is 11.4 Å². The number of benzene rings is 2. The third-order valence-corrected chi connectivity index (χ3v) is 3.53. The van der Waals surface area contributed by atoms with Gasteiger partial charge >= 0.3 is 21.1 Å². The van der Waals surface area contributed by atoms with E-state index in [0.717, 1.165) is 22.8 Å². The van der Waals surface area contributed by atoms with Crippen molar-refractivity contribution in [3.05, 3.63) is 96.6 Å². The van der Waals surface area contributed by atoms with Crippen LogP contribution in [0.3, 0.4) is 0 Å². The Balaban J connectivity index is 0.00000169. The van der Waals surface area contributed by atoms with Crippen LogP contribution in [0.4, 0.5) is 0 Å². The zero-order chi connectivity index (χ0) is 15.5. The van der Waals surface area contributed by atoms with Gasteiger partial charge < -0.3 is 0 Å². The molecule has 0 spiro atoms. The molecular formula is C19H14N4Pt. The minimum atomic E-state index is 0. The van der Waals surface area contributed by atoms with E-state index in [1.807, 2.05) is 82.4 Å². The summed E-state index contributed by atoms with van der Waals surface area (Å²) in [4.78, 5) is 0. The van der Waals surface area contributed by atoms with E-state index >= 15 is 0 Å². The molecule has 0 aliphatic heterocycles. The maximum Gasteiger partial charge on any atom is 2.00 e. The molecule has 24 heavy (non-hydrogen) atoms. The SMILES string of the molecule is [Pt+2].[c-]1ccccc1-n1ccc(Cc2ccn(-c3[c-]cccc3)n2)n1. The summed E-state index contributed by atoms with van der Waals surface area (Å²) in [6.07, 6.45) is 4.59. The predicted molar refractivity (Wildman–Crippen MR) is 87.6 cm³/mol. The summed E-state index contributed by atoms with van der Waals surface area (Å²) in [5, 5.41) is 9.17. The first-order valence-corrected chi connectivity index (χ1v) is 7.42. The molecule has 0 atom stereocenters. The van der Waals surface area contributed by atoms with E-state index in [1.165, 1.54) is 0 Å². The molecule has 0 saturated heterocycles. The van der Waals surface area contributed by atoms with Crippen molar-refractivity contribution >= 4 is 0 Å². The third kappa shape index (κ3) is 3.55. The van der Waals surface area contributed by atoms with E-state index in [9.17, 15) is 0 Å². The summed E-state index contributed by atoms with van der Waals surface area (Å²) in [5.41, 5.74) is 3.82. The van der Waals surface area contributed by atoms with Crippen LogP contribution >= 0.6 is 0 Å². The molecule has 2 aromatic heterocycles. The zero-order valence-corrected chi connectivity index (χ0v) is 15.0. The smallest absolute Gasteiger partial charge is 0.265 e. The van der Waals surface area contributed by atoms with E-state index in [-0.39, 0.29) is 21.1 Å². The molecule has 2 heterocycles. The Hall–Kier alpha value is -2.45. The Morgan fingerprint density at radius 1 is 0.708 bits per heavy atom. The molecule has 0 N–H and O–H groups in total. The van der Waals surface area contributed by atoms with Crippen LogP contribution in [0, 0.1) is 12.1 Å². The Kier molecular flexibility index (Phi) is 5.07. The number of hydrogen-bond donors (Lipinski definition) is 0. The van der Waals surface area contributed by atoms with Gasteiger partial charge in [0.2, 0.25) is 0 Å². The van der Waals surface area contributed by atoms with Gasteiger partial charge in [0.15, 0.2) is 0 Å². The van der Waals surface area contributed by atoms with Crippen molar-refractivity contribution in [2.24, 2.45) is 0 Å². The molecule has 0 bridgehead atoms. The summed E-state index contributed by atoms with van der Waals surface area (Å²) >= 11 is 0. The van der Waals surface area contributed by atoms with Crippen molar-refractivity contribution in [1.82, 2.24) is 19.6 Å². The minimum absolute atomic E-state index is 0. The summed E-state index contributed by atoms with van der Waals surface area (Å²) in [7, 11) is 0. The quantitative estimate of drug-likeness (QED) is 0.410. The average Bonchev–Trinajstić information content (AvgIpc) is 3.27. The molecule has 0 aliphatic rings. The topological polar surface area (TPSA) is 35.6 Å². The number of aromatic nitrogens is 4. The molecule has 0 radical (unpaired) electrons. The van der Waals surface area contributed by atoms with Gasteiger partial charge in [-0.25, -0.2) is 0 Å². The molecular weight excluding hydrogens is 479 g/mol. The second-order valence-corrected chi connectivity index (χ2v) is 5.18. The molecule has 0 aliphatic carbocycles. The minimum Gasteiger partial charge on any atom is -0.265 e. The Morgan fingerprint density at radius 3 is 1.62 bits per heavy atom. The standard InChI is InChI=1S/C19H14N4.Pt/c1-3-7-18(8-4-1)22-13-11-16(20-22)15-17-12-14-23(21-17)19-9-5-2-6-10-19;/h1-7,9,11-14H,15H2;/q-2;+2. The molecule has 4 rings (SSSR count). The van der Waals surface area contributed by atoms with Crippen molar-refractivity contribution in [3.8, 4) is 11.4 Å². The summed E-state index contributed by atoms with van der Waals surface area (Å²) in [6.45, 7) is 0. The summed E-state index contributed by atoms with van der Waals surface area (Å²) in [6, 6.07) is 25.9. The van der Waals surface area contributed by atoms with Gasteiger partial charge in [-0.15, -0.1) is 12.1 Å². The largest absolute Gasteiger partial charge is 2.00 e.